The maximum atomic E-state index is 11.1. The predicted molar refractivity (Wildman–Crippen MR) is 39.9 cm³/mol. The standard InChI is InChI=1S/C4H8BNO5S/c5-6-11-12(7,8)4-1-2-9-10-3-4/h4-5H,1-3H2. The Morgan fingerprint density at radius 2 is 2.25 bits per heavy atom. The van der Waals surface area contributed by atoms with Crippen LogP contribution in [0, 0.1) is 0 Å². The van der Waals surface area contributed by atoms with Crippen molar-refractivity contribution >= 4 is 17.8 Å². The molecule has 0 saturated carbocycles. The Bertz CT molecular complexity index is 246. The topological polar surface area (TPSA) is 74.2 Å². The van der Waals surface area contributed by atoms with Crippen molar-refractivity contribution in [3.8, 4) is 0 Å². The van der Waals surface area contributed by atoms with Gasteiger partial charge in [0.2, 0.25) is 0 Å². The molecule has 1 saturated heterocycles. The molecule has 12 heavy (non-hydrogen) atoms. The third-order valence-corrected chi connectivity index (χ3v) is 2.93. The van der Waals surface area contributed by atoms with Gasteiger partial charge in [-0.25, -0.2) is 0 Å². The van der Waals surface area contributed by atoms with Crippen molar-refractivity contribution in [2.45, 2.75) is 11.7 Å². The Hall–Kier alpha value is -0.465. The van der Waals surface area contributed by atoms with Gasteiger partial charge in [-0.05, 0) is 0 Å². The van der Waals surface area contributed by atoms with Gasteiger partial charge in [0.25, 0.3) is 0 Å². The second-order valence-electron chi connectivity index (χ2n) is 2.21. The van der Waals surface area contributed by atoms with Crippen LogP contribution in [0.4, 0.5) is 0 Å². The minimum absolute atomic E-state index is 0.0299. The second-order valence-corrected chi connectivity index (χ2v) is 4.01. The van der Waals surface area contributed by atoms with Crippen molar-refractivity contribution < 1.29 is 22.5 Å². The summed E-state index contributed by atoms with van der Waals surface area (Å²) in [6.07, 6.45) is 0.345. The molecule has 1 aliphatic rings. The van der Waals surface area contributed by atoms with Crippen molar-refractivity contribution in [2.24, 2.45) is 5.06 Å². The van der Waals surface area contributed by atoms with Crippen LogP contribution in [0.3, 0.4) is 0 Å². The fourth-order valence-corrected chi connectivity index (χ4v) is 1.68. The molecule has 1 atom stereocenters. The molecule has 6 nitrogen and oxygen atoms in total. The first-order valence-corrected chi connectivity index (χ1v) is 4.77. The minimum atomic E-state index is -3.67. The summed E-state index contributed by atoms with van der Waals surface area (Å²) in [5.41, 5.74) is 0. The number of hydrogen-bond donors (Lipinski definition) is 0. The van der Waals surface area contributed by atoms with Crippen LogP contribution in [0.2, 0.25) is 0 Å². The van der Waals surface area contributed by atoms with Crippen LogP contribution in [0.1, 0.15) is 6.42 Å². The van der Waals surface area contributed by atoms with E-state index in [0.29, 0.717) is 6.42 Å². The van der Waals surface area contributed by atoms with Gasteiger partial charge >= 0.3 is 70.2 Å². The quantitative estimate of drug-likeness (QED) is 0.328. The van der Waals surface area contributed by atoms with Crippen LogP contribution in [0.25, 0.3) is 0 Å². The molecule has 0 radical (unpaired) electrons. The molecule has 1 fully saturated rings. The van der Waals surface area contributed by atoms with Gasteiger partial charge in [-0.15, -0.1) is 0 Å². The van der Waals surface area contributed by atoms with Crippen LogP contribution in [-0.2, 0) is 24.2 Å². The molecule has 0 N–H and O–H groups in total. The molecule has 68 valence electrons. The Kier molecular flexibility index (Phi) is 3.18. The summed E-state index contributed by atoms with van der Waals surface area (Å²) in [5.74, 6) is 0. The van der Waals surface area contributed by atoms with Gasteiger partial charge in [0.1, 0.15) is 0 Å². The molecule has 0 spiro atoms. The van der Waals surface area contributed by atoms with Crippen LogP contribution >= 0.6 is 0 Å². The molecule has 1 unspecified atom stereocenters. The molecule has 0 aromatic heterocycles. The van der Waals surface area contributed by atoms with E-state index < -0.39 is 15.4 Å². The fourth-order valence-electron chi connectivity index (χ4n) is 0.808. The third-order valence-electron chi connectivity index (χ3n) is 1.43. The van der Waals surface area contributed by atoms with Gasteiger partial charge in [-0.1, -0.05) is 0 Å². The molecular weight excluding hydrogens is 185 g/mol. The van der Waals surface area contributed by atoms with Crippen molar-refractivity contribution in [3.63, 3.8) is 0 Å². The van der Waals surface area contributed by atoms with E-state index in [1.807, 2.05) is 0 Å². The Labute approximate surface area is 70.9 Å². The Morgan fingerprint density at radius 1 is 1.50 bits per heavy atom. The van der Waals surface area contributed by atoms with Crippen LogP contribution in [0.5, 0.6) is 0 Å². The molecule has 0 amide bonds. The average Bonchev–Trinajstić information content (AvgIpc) is 2.06. The molecule has 1 aliphatic heterocycles. The van der Waals surface area contributed by atoms with Gasteiger partial charge in [-0.2, -0.15) is 0 Å². The van der Waals surface area contributed by atoms with E-state index in [1.165, 1.54) is 0 Å². The number of nitrogens with zero attached hydrogens (tertiary/aromatic N) is 1. The van der Waals surface area contributed by atoms with E-state index in [-0.39, 0.29) is 13.2 Å². The summed E-state index contributed by atoms with van der Waals surface area (Å²) in [7, 11) is -0.750. The molecule has 0 aromatic carbocycles. The Balaban J connectivity index is 2.60. The van der Waals surface area contributed by atoms with E-state index in [1.54, 1.807) is 0 Å². The van der Waals surface area contributed by atoms with Gasteiger partial charge in [-0.3, -0.25) is 0 Å². The van der Waals surface area contributed by atoms with Crippen molar-refractivity contribution in [3.05, 3.63) is 0 Å². The number of rotatable bonds is 3. The summed E-state index contributed by atoms with van der Waals surface area (Å²) < 4.78 is 26.3. The predicted octanol–water partition coefficient (Wildman–Crippen LogP) is -0.947. The number of hydrogen-bond acceptors (Lipinski definition) is 6. The first-order chi connectivity index (χ1) is 5.67. The van der Waals surface area contributed by atoms with Crippen LogP contribution < -0.4 is 0 Å². The first kappa shape index (κ1) is 9.62. The monoisotopic (exact) mass is 193 g/mol. The second kappa shape index (κ2) is 3.97. The molecule has 1 rings (SSSR count). The van der Waals surface area contributed by atoms with Gasteiger partial charge < -0.3 is 0 Å². The summed E-state index contributed by atoms with van der Waals surface area (Å²) in [5, 5.41) is 2.14. The third kappa shape index (κ3) is 2.26. The molecule has 0 bridgehead atoms. The van der Waals surface area contributed by atoms with Gasteiger partial charge in [0.15, 0.2) is 0 Å². The van der Waals surface area contributed by atoms with E-state index in [4.69, 9.17) is 0 Å². The molecule has 0 aliphatic carbocycles. The molecule has 0 aromatic rings. The van der Waals surface area contributed by atoms with Crippen molar-refractivity contribution in [1.82, 2.24) is 0 Å². The summed E-state index contributed by atoms with van der Waals surface area (Å²) >= 11 is 0. The van der Waals surface area contributed by atoms with Crippen molar-refractivity contribution in [1.29, 1.82) is 0 Å². The van der Waals surface area contributed by atoms with E-state index >= 15 is 0 Å². The normalized spacial score (nSPS) is 24.8. The fraction of sp³-hybridized carbons (Fsp3) is 1.00. The summed E-state index contributed by atoms with van der Waals surface area (Å²) in [6, 6.07) is 0. The molecule has 1 heterocycles. The first-order valence-electron chi connectivity index (χ1n) is 3.30. The van der Waals surface area contributed by atoms with E-state index in [9.17, 15) is 8.42 Å². The molecular formula is C4H8BNO5S. The average molecular weight is 193 g/mol. The summed E-state index contributed by atoms with van der Waals surface area (Å²) in [4.78, 5) is 9.00. The van der Waals surface area contributed by atoms with E-state index in [0.717, 1.165) is 0 Å². The zero-order valence-corrected chi connectivity index (χ0v) is 7.12. The van der Waals surface area contributed by atoms with Crippen LogP contribution in [0.15, 0.2) is 5.06 Å². The van der Waals surface area contributed by atoms with Crippen LogP contribution in [-0.4, -0.2) is 34.5 Å². The van der Waals surface area contributed by atoms with Crippen molar-refractivity contribution in [2.75, 3.05) is 13.2 Å². The zero-order chi connectivity index (χ0) is 9.03. The SMILES string of the molecule is B=NOS(=O)(=O)C1CCOOC1. The zero-order valence-electron chi connectivity index (χ0n) is 6.30. The Morgan fingerprint density at radius 3 is 2.75 bits per heavy atom. The maximum absolute atomic E-state index is 11.1. The van der Waals surface area contributed by atoms with Gasteiger partial charge in [0.05, 0.1) is 0 Å². The summed E-state index contributed by atoms with van der Waals surface area (Å²) in [6.45, 7) is 0.211. The van der Waals surface area contributed by atoms with E-state index in [2.05, 4.69) is 26.8 Å². The molecule has 8 heteroatoms. The van der Waals surface area contributed by atoms with Gasteiger partial charge in [0, 0.05) is 0 Å².